The van der Waals surface area contributed by atoms with Crippen LogP contribution in [0, 0.1) is 6.92 Å². The minimum Gasteiger partial charge on any atom is -0.481 e. The van der Waals surface area contributed by atoms with E-state index in [1.165, 1.54) is 24.5 Å². The van der Waals surface area contributed by atoms with Crippen molar-refractivity contribution in [1.82, 2.24) is 9.97 Å². The maximum atomic E-state index is 12.4. The minimum absolute atomic E-state index is 0.175. The van der Waals surface area contributed by atoms with E-state index in [1.807, 2.05) is 11.4 Å². The summed E-state index contributed by atoms with van der Waals surface area (Å²) in [5.74, 6) is 0.177. The van der Waals surface area contributed by atoms with Crippen molar-refractivity contribution in [3.05, 3.63) is 62.9 Å². The molecule has 0 saturated heterocycles. The number of methoxy groups -OCH3 is 1. The molecular weight excluding hydrogens is 312 g/mol. The van der Waals surface area contributed by atoms with Gasteiger partial charge >= 0.3 is 0 Å². The lowest BCUT2D eigenvalue weighted by Crippen LogP contribution is -2.18. The summed E-state index contributed by atoms with van der Waals surface area (Å²) in [6, 6.07) is 5.40. The van der Waals surface area contributed by atoms with E-state index in [0.717, 1.165) is 15.8 Å². The molecule has 0 aromatic carbocycles. The Hall–Kier alpha value is -2.73. The molecule has 0 fully saturated rings. The number of aryl methyl sites for hydroxylation is 1. The number of ketones is 1. The van der Waals surface area contributed by atoms with Crippen molar-refractivity contribution in [2.24, 2.45) is 0 Å². The first-order valence-electron chi connectivity index (χ1n) is 6.92. The van der Waals surface area contributed by atoms with Gasteiger partial charge in [-0.1, -0.05) is 0 Å². The summed E-state index contributed by atoms with van der Waals surface area (Å²) in [4.78, 5) is 32.2. The first-order chi connectivity index (χ1) is 11.1. The Bertz CT molecular complexity index is 952. The van der Waals surface area contributed by atoms with E-state index in [2.05, 4.69) is 9.97 Å². The zero-order valence-corrected chi connectivity index (χ0v) is 13.4. The van der Waals surface area contributed by atoms with Crippen LogP contribution < -0.4 is 10.3 Å². The van der Waals surface area contributed by atoms with E-state index in [9.17, 15) is 9.59 Å². The van der Waals surface area contributed by atoms with Crippen LogP contribution in [0.2, 0.25) is 0 Å². The van der Waals surface area contributed by atoms with Gasteiger partial charge in [0, 0.05) is 17.6 Å². The second-order valence-electron chi connectivity index (χ2n) is 4.95. The number of ether oxygens (including phenoxy) is 1. The van der Waals surface area contributed by atoms with Gasteiger partial charge in [-0.05, 0) is 47.7 Å². The molecule has 0 amide bonds. The lowest BCUT2D eigenvalue weighted by molar-refractivity contribution is 0.104. The standard InChI is InChI=1S/C17H14N2O3S/c1-10-12-7-8-23-17(12)19-16(21)15(10)13(20)5-3-11-4-6-14(22-2)18-9-11/h3-9H,1-2H3,(H,19,21)/b5-3+. The number of hydrogen-bond donors (Lipinski definition) is 1. The summed E-state index contributed by atoms with van der Waals surface area (Å²) in [6.45, 7) is 1.79. The number of carbonyl (C=O) groups is 1. The van der Waals surface area contributed by atoms with Crippen molar-refractivity contribution < 1.29 is 9.53 Å². The number of pyridine rings is 2. The third kappa shape index (κ3) is 2.93. The number of H-pyrrole nitrogens is 1. The molecule has 0 unspecified atom stereocenters. The molecule has 6 heteroatoms. The van der Waals surface area contributed by atoms with Gasteiger partial charge in [-0.3, -0.25) is 9.59 Å². The fraction of sp³-hybridized carbons (Fsp3) is 0.118. The predicted molar refractivity (Wildman–Crippen MR) is 91.3 cm³/mol. The van der Waals surface area contributed by atoms with Crippen LogP contribution in [0.5, 0.6) is 5.88 Å². The highest BCUT2D eigenvalue weighted by molar-refractivity contribution is 7.16. The minimum atomic E-state index is -0.361. The van der Waals surface area contributed by atoms with Crippen LogP contribution in [0.3, 0.4) is 0 Å². The predicted octanol–water partition coefficient (Wildman–Crippen LogP) is 3.20. The van der Waals surface area contributed by atoms with Gasteiger partial charge < -0.3 is 9.72 Å². The number of rotatable bonds is 4. The Kier molecular flexibility index (Phi) is 4.08. The van der Waals surface area contributed by atoms with Gasteiger partial charge in [0.05, 0.1) is 12.7 Å². The average molecular weight is 326 g/mol. The second-order valence-corrected chi connectivity index (χ2v) is 5.87. The number of fused-ring (bicyclic) bond motifs is 1. The van der Waals surface area contributed by atoms with Gasteiger partial charge in [0.1, 0.15) is 4.83 Å². The Balaban J connectivity index is 1.93. The molecule has 0 bridgehead atoms. The molecule has 0 saturated carbocycles. The van der Waals surface area contributed by atoms with Gasteiger partial charge in [-0.2, -0.15) is 0 Å². The van der Waals surface area contributed by atoms with Crippen LogP contribution in [-0.2, 0) is 0 Å². The monoisotopic (exact) mass is 326 g/mol. The van der Waals surface area contributed by atoms with Crippen molar-refractivity contribution in [2.45, 2.75) is 6.92 Å². The Morgan fingerprint density at radius 1 is 1.35 bits per heavy atom. The molecule has 5 nitrogen and oxygen atoms in total. The Morgan fingerprint density at radius 3 is 2.87 bits per heavy atom. The van der Waals surface area contributed by atoms with E-state index in [4.69, 9.17) is 4.74 Å². The van der Waals surface area contributed by atoms with Crippen molar-refractivity contribution >= 4 is 33.4 Å². The van der Waals surface area contributed by atoms with E-state index in [-0.39, 0.29) is 16.9 Å². The van der Waals surface area contributed by atoms with Crippen LogP contribution in [0.15, 0.2) is 40.6 Å². The smallest absolute Gasteiger partial charge is 0.260 e. The third-order valence-corrected chi connectivity index (χ3v) is 4.37. The molecule has 0 aliphatic rings. The van der Waals surface area contributed by atoms with Crippen LogP contribution in [0.25, 0.3) is 16.3 Å². The third-order valence-electron chi connectivity index (χ3n) is 3.54. The molecule has 0 aliphatic carbocycles. The highest BCUT2D eigenvalue weighted by atomic mass is 32.1. The van der Waals surface area contributed by atoms with Crippen LogP contribution in [-0.4, -0.2) is 22.9 Å². The summed E-state index contributed by atoms with van der Waals surface area (Å²) in [6.07, 6.45) is 4.62. The fourth-order valence-corrected chi connectivity index (χ4v) is 3.17. The van der Waals surface area contributed by atoms with E-state index >= 15 is 0 Å². The number of nitrogens with one attached hydrogen (secondary N) is 1. The number of allylic oxidation sites excluding steroid dienone is 1. The molecular formula is C17H14N2O3S. The number of thiophene rings is 1. The lowest BCUT2D eigenvalue weighted by Gasteiger charge is -2.03. The van der Waals surface area contributed by atoms with E-state index < -0.39 is 0 Å². The lowest BCUT2D eigenvalue weighted by atomic mass is 10.0. The maximum absolute atomic E-state index is 12.4. The molecule has 23 heavy (non-hydrogen) atoms. The summed E-state index contributed by atoms with van der Waals surface area (Å²) >= 11 is 1.44. The average Bonchev–Trinajstić information content (AvgIpc) is 3.02. The van der Waals surface area contributed by atoms with Gasteiger partial charge in [-0.25, -0.2) is 4.98 Å². The highest BCUT2D eigenvalue weighted by Crippen LogP contribution is 2.22. The van der Waals surface area contributed by atoms with Crippen LogP contribution >= 0.6 is 11.3 Å². The largest absolute Gasteiger partial charge is 0.481 e. The van der Waals surface area contributed by atoms with Crippen molar-refractivity contribution in [2.75, 3.05) is 7.11 Å². The van der Waals surface area contributed by atoms with E-state index in [1.54, 1.807) is 31.3 Å². The summed E-state index contributed by atoms with van der Waals surface area (Å²) in [5.41, 5.74) is 1.27. The van der Waals surface area contributed by atoms with Gasteiger partial charge in [0.15, 0.2) is 5.78 Å². The van der Waals surface area contributed by atoms with Crippen LogP contribution in [0.1, 0.15) is 21.5 Å². The number of aromatic nitrogens is 2. The highest BCUT2D eigenvalue weighted by Gasteiger charge is 2.15. The fourth-order valence-electron chi connectivity index (χ4n) is 2.33. The Morgan fingerprint density at radius 2 is 2.17 bits per heavy atom. The first kappa shape index (κ1) is 15.2. The number of hydrogen-bond acceptors (Lipinski definition) is 5. The molecule has 0 radical (unpaired) electrons. The molecule has 3 aromatic rings. The molecule has 0 aliphatic heterocycles. The topological polar surface area (TPSA) is 72.1 Å². The van der Waals surface area contributed by atoms with Gasteiger partial charge in [0.2, 0.25) is 5.88 Å². The molecule has 0 atom stereocenters. The maximum Gasteiger partial charge on any atom is 0.260 e. The molecule has 3 rings (SSSR count). The summed E-state index contributed by atoms with van der Waals surface area (Å²) in [5, 5.41) is 2.79. The summed E-state index contributed by atoms with van der Waals surface area (Å²) < 4.78 is 4.98. The molecule has 1 N–H and O–H groups in total. The normalized spacial score (nSPS) is 11.2. The van der Waals surface area contributed by atoms with Crippen LogP contribution in [0.4, 0.5) is 0 Å². The number of carbonyl (C=O) groups excluding carboxylic acids is 1. The second kappa shape index (κ2) is 6.18. The molecule has 0 spiro atoms. The summed E-state index contributed by atoms with van der Waals surface area (Å²) in [7, 11) is 1.54. The SMILES string of the molecule is COc1ccc(/C=C/C(=O)c2c(C)c3ccsc3[nH]c2=O)cn1. The molecule has 3 heterocycles. The van der Waals surface area contributed by atoms with Crippen molar-refractivity contribution in [3.8, 4) is 5.88 Å². The van der Waals surface area contributed by atoms with E-state index in [0.29, 0.717) is 11.4 Å². The first-order valence-corrected chi connectivity index (χ1v) is 7.80. The zero-order valence-electron chi connectivity index (χ0n) is 12.6. The molecule has 3 aromatic heterocycles. The van der Waals surface area contributed by atoms with Crippen molar-refractivity contribution in [3.63, 3.8) is 0 Å². The Labute approximate surface area is 136 Å². The van der Waals surface area contributed by atoms with Gasteiger partial charge in [-0.15, -0.1) is 11.3 Å². The zero-order chi connectivity index (χ0) is 16.4. The van der Waals surface area contributed by atoms with Crippen molar-refractivity contribution in [1.29, 1.82) is 0 Å². The quantitative estimate of drug-likeness (QED) is 0.590. The van der Waals surface area contributed by atoms with Gasteiger partial charge in [0.25, 0.3) is 5.56 Å². The number of nitrogens with zero attached hydrogens (tertiary/aromatic N) is 1. The number of aromatic amines is 1. The molecule has 116 valence electrons.